The van der Waals surface area contributed by atoms with Crippen LogP contribution in [0.25, 0.3) is 0 Å². The summed E-state index contributed by atoms with van der Waals surface area (Å²) in [6.45, 7) is 7.49. The first-order valence-corrected chi connectivity index (χ1v) is 13.3. The predicted octanol–water partition coefficient (Wildman–Crippen LogP) is 0.380. The summed E-state index contributed by atoms with van der Waals surface area (Å²) in [5.74, 6) is -3.78. The van der Waals surface area contributed by atoms with Crippen LogP contribution in [-0.2, 0) is 57.8 Å². The average Bonchev–Trinajstić information content (AvgIpc) is 2.72. The van der Waals surface area contributed by atoms with Gasteiger partial charge in [0.25, 0.3) is 0 Å². The highest BCUT2D eigenvalue weighted by atomic mass is 35.5. The molecule has 1 aliphatic heterocycles. The summed E-state index contributed by atoms with van der Waals surface area (Å²) in [7, 11) is -4.82. The molecule has 0 aromatic rings. The lowest BCUT2D eigenvalue weighted by Crippen LogP contribution is -2.68. The van der Waals surface area contributed by atoms with E-state index in [1.54, 1.807) is 0 Å². The van der Waals surface area contributed by atoms with Gasteiger partial charge in [0.1, 0.15) is 18.3 Å². The van der Waals surface area contributed by atoms with Crippen LogP contribution in [0.4, 0.5) is 4.79 Å². The Morgan fingerprint density at radius 1 is 0.868 bits per heavy atom. The van der Waals surface area contributed by atoms with Gasteiger partial charge < -0.3 is 28.4 Å². The van der Waals surface area contributed by atoms with Crippen molar-refractivity contribution < 1.29 is 60.8 Å². The van der Waals surface area contributed by atoms with E-state index in [1.807, 2.05) is 0 Å². The molecule has 0 aromatic heterocycles. The molecule has 0 unspecified atom stereocenters. The number of amides is 1. The van der Waals surface area contributed by atoms with Gasteiger partial charge in [-0.25, -0.2) is 4.79 Å². The number of alkyl halides is 1. The number of rotatable bonds is 10. The maximum Gasteiger partial charge on any atom is 0.427 e. The lowest BCUT2D eigenvalue weighted by atomic mass is 9.97. The second-order valence-electron chi connectivity index (χ2n) is 8.95. The van der Waals surface area contributed by atoms with Crippen molar-refractivity contribution in [1.29, 1.82) is 0 Å². The molecule has 0 saturated carbocycles. The Balaban J connectivity index is 3.83. The van der Waals surface area contributed by atoms with E-state index in [2.05, 4.69) is 4.72 Å². The first kappa shape index (κ1) is 33.3. The van der Waals surface area contributed by atoms with E-state index in [0.29, 0.717) is 0 Å². The molecule has 1 rings (SSSR count). The number of esters is 4. The number of hydrogen-bond acceptors (Lipinski definition) is 13. The molecule has 0 bridgehead atoms. The maximum atomic E-state index is 13.3. The molecule has 1 saturated heterocycles. The molecule has 0 spiro atoms. The summed E-state index contributed by atoms with van der Waals surface area (Å²) in [6, 6.07) is 0. The van der Waals surface area contributed by atoms with Crippen LogP contribution in [0.1, 0.15) is 48.5 Å². The number of nitrogens with zero attached hydrogens (tertiary/aromatic N) is 1. The fourth-order valence-electron chi connectivity index (χ4n) is 3.28. The van der Waals surface area contributed by atoms with Crippen LogP contribution in [0, 0.1) is 0 Å². The molecule has 0 aliphatic carbocycles. The predicted molar refractivity (Wildman–Crippen MR) is 128 cm³/mol. The largest absolute Gasteiger partial charge is 0.463 e. The average molecular weight is 589 g/mol. The summed E-state index contributed by atoms with van der Waals surface area (Å²) in [4.78, 5) is 60.6. The van der Waals surface area contributed by atoms with E-state index >= 15 is 0 Å². The smallest absolute Gasteiger partial charge is 0.427 e. The van der Waals surface area contributed by atoms with E-state index in [9.17, 15) is 32.4 Å². The number of carbonyl (C=O) groups is 5. The lowest BCUT2D eigenvalue weighted by Gasteiger charge is -2.46. The zero-order valence-electron chi connectivity index (χ0n) is 22.0. The molecule has 1 heterocycles. The van der Waals surface area contributed by atoms with Crippen molar-refractivity contribution >= 4 is 51.8 Å². The van der Waals surface area contributed by atoms with E-state index < -0.39 is 83.0 Å². The van der Waals surface area contributed by atoms with E-state index in [1.165, 1.54) is 20.8 Å². The lowest BCUT2D eigenvalue weighted by molar-refractivity contribution is -0.266. The van der Waals surface area contributed by atoms with E-state index in [4.69, 9.17) is 40.0 Å². The highest BCUT2D eigenvalue weighted by Crippen LogP contribution is 2.33. The van der Waals surface area contributed by atoms with E-state index in [0.717, 1.165) is 27.7 Å². The van der Waals surface area contributed by atoms with Crippen LogP contribution in [0.3, 0.4) is 0 Å². The topological polar surface area (TPSA) is 190 Å². The molecule has 1 N–H and O–H groups in total. The van der Waals surface area contributed by atoms with Crippen LogP contribution in [-0.4, -0.2) is 98.0 Å². The Labute approximate surface area is 225 Å². The molecule has 38 heavy (non-hydrogen) atoms. The maximum absolute atomic E-state index is 13.3. The zero-order chi connectivity index (χ0) is 29.4. The van der Waals surface area contributed by atoms with Crippen LogP contribution in [0.2, 0.25) is 0 Å². The fourth-order valence-corrected chi connectivity index (χ4v) is 4.66. The third-order valence-electron chi connectivity index (χ3n) is 4.41. The minimum absolute atomic E-state index is 0.111. The number of nitrogens with one attached hydrogen (secondary N) is 1. The highest BCUT2D eigenvalue weighted by Gasteiger charge is 2.57. The second-order valence-corrected chi connectivity index (χ2v) is 11.0. The van der Waals surface area contributed by atoms with Crippen molar-refractivity contribution in [2.75, 3.05) is 19.0 Å². The Hall–Kier alpha value is -2.69. The first-order valence-electron chi connectivity index (χ1n) is 11.3. The molecule has 15 nitrogen and oxygen atoms in total. The van der Waals surface area contributed by atoms with Crippen LogP contribution in [0.15, 0.2) is 0 Å². The molecule has 1 aliphatic rings. The van der Waals surface area contributed by atoms with Crippen molar-refractivity contribution in [3.05, 3.63) is 0 Å². The molecular weight excluding hydrogens is 556 g/mol. The first-order chi connectivity index (χ1) is 17.4. The van der Waals surface area contributed by atoms with Gasteiger partial charge in [0.05, 0.1) is 0 Å². The number of carbonyl (C=O) groups excluding carboxylic acids is 5. The fraction of sp³-hybridized carbons (Fsp3) is 0.762. The van der Waals surface area contributed by atoms with Crippen LogP contribution < -0.4 is 4.72 Å². The zero-order valence-corrected chi connectivity index (χ0v) is 23.6. The molecule has 1 fully saturated rings. The SMILES string of the molecule is CC(=O)OC[C@H]1O[C@H](N(C(=O)OC(C)(C)C)S(=O)(=O)NCCCl)[C@H](OC(C)=O)[C@@H](OC(C)=O)[C@H]1OC(C)=O. The Bertz CT molecular complexity index is 998. The van der Waals surface area contributed by atoms with Gasteiger partial charge in [-0.05, 0) is 20.8 Å². The van der Waals surface area contributed by atoms with Crippen molar-refractivity contribution in [1.82, 2.24) is 9.03 Å². The summed E-state index contributed by atoms with van der Waals surface area (Å²) in [6.07, 6.45) is -10.2. The highest BCUT2D eigenvalue weighted by molar-refractivity contribution is 7.87. The van der Waals surface area contributed by atoms with Crippen LogP contribution in [0.5, 0.6) is 0 Å². The third kappa shape index (κ3) is 10.2. The molecule has 5 atom stereocenters. The monoisotopic (exact) mass is 588 g/mol. The van der Waals surface area contributed by atoms with Gasteiger partial charge in [0.15, 0.2) is 24.5 Å². The second kappa shape index (κ2) is 13.9. The normalized spacial score (nSPS) is 23.5. The van der Waals surface area contributed by atoms with E-state index in [-0.39, 0.29) is 16.7 Å². The molecule has 1 amide bonds. The quantitative estimate of drug-likeness (QED) is 0.209. The minimum Gasteiger partial charge on any atom is -0.463 e. The number of halogens is 1. The number of hydrogen-bond donors (Lipinski definition) is 1. The van der Waals surface area contributed by atoms with Gasteiger partial charge >= 0.3 is 40.2 Å². The Morgan fingerprint density at radius 3 is 1.82 bits per heavy atom. The molecular formula is C21H33ClN2O13S. The van der Waals surface area contributed by atoms with Crippen molar-refractivity contribution in [2.45, 2.75) is 84.7 Å². The molecule has 0 aromatic carbocycles. The minimum atomic E-state index is -4.82. The van der Waals surface area contributed by atoms with Crippen molar-refractivity contribution in [3.63, 3.8) is 0 Å². The van der Waals surface area contributed by atoms with Gasteiger partial charge in [-0.3, -0.25) is 19.2 Å². The number of ether oxygens (including phenoxy) is 6. The standard InChI is InChI=1S/C21H33ClN2O13S/c1-11(25)32-10-15-16(33-12(2)26)17(34-13(3)27)18(35-14(4)28)19(36-15)24(20(29)37-21(5,6)7)38(30,31)23-9-8-22/h15-19,23H,8-10H2,1-7H3/t15-,16+,17+,18-,19+/m1/s1. The summed E-state index contributed by atoms with van der Waals surface area (Å²) in [5.41, 5.74) is -1.20. The Morgan fingerprint density at radius 2 is 1.37 bits per heavy atom. The molecule has 218 valence electrons. The summed E-state index contributed by atoms with van der Waals surface area (Å²) < 4.78 is 60.5. The van der Waals surface area contributed by atoms with Crippen molar-refractivity contribution in [3.8, 4) is 0 Å². The van der Waals surface area contributed by atoms with Gasteiger partial charge in [-0.2, -0.15) is 17.4 Å². The molecule has 0 radical (unpaired) electrons. The van der Waals surface area contributed by atoms with Gasteiger partial charge in [-0.15, -0.1) is 11.6 Å². The van der Waals surface area contributed by atoms with Crippen molar-refractivity contribution in [2.24, 2.45) is 0 Å². The summed E-state index contributed by atoms with van der Waals surface area (Å²) >= 11 is 5.61. The molecule has 17 heteroatoms. The van der Waals surface area contributed by atoms with Gasteiger partial charge in [0, 0.05) is 40.1 Å². The third-order valence-corrected chi connectivity index (χ3v) is 6.04. The van der Waals surface area contributed by atoms with Gasteiger partial charge in [0.2, 0.25) is 0 Å². The summed E-state index contributed by atoms with van der Waals surface area (Å²) in [5, 5.41) is 0. The Kier molecular flexibility index (Phi) is 12.2. The van der Waals surface area contributed by atoms with Gasteiger partial charge in [-0.1, -0.05) is 0 Å². The van der Waals surface area contributed by atoms with Crippen LogP contribution >= 0.6 is 11.6 Å².